The third-order valence-electron chi connectivity index (χ3n) is 6.90. The molecule has 0 aromatic heterocycles. The molecule has 2 aliphatic rings. The lowest BCUT2D eigenvalue weighted by Crippen LogP contribution is -2.29. The number of ether oxygens (including phenoxy) is 3. The summed E-state index contributed by atoms with van der Waals surface area (Å²) in [5, 5.41) is 12.4. The number of aromatic carboxylic acids is 1. The van der Waals surface area contributed by atoms with Gasteiger partial charge >= 0.3 is 11.9 Å². The number of carbonyl (C=O) groups is 3. The van der Waals surface area contributed by atoms with E-state index in [1.807, 2.05) is 37.3 Å². The molecule has 3 aromatic carbocycles. The Labute approximate surface area is 244 Å². The number of esters is 1. The second-order valence-corrected chi connectivity index (χ2v) is 10.5. The number of carboxylic acid groups (broad SMARTS) is 1. The van der Waals surface area contributed by atoms with E-state index in [4.69, 9.17) is 19.3 Å². The van der Waals surface area contributed by atoms with Crippen LogP contribution in [0.4, 0.5) is 0 Å². The van der Waals surface area contributed by atoms with E-state index >= 15 is 0 Å². The fourth-order valence-electron chi connectivity index (χ4n) is 5.10. The first-order chi connectivity index (χ1) is 19.2. The molecule has 204 valence electrons. The molecule has 9 heteroatoms. The van der Waals surface area contributed by atoms with Crippen molar-refractivity contribution in [2.45, 2.75) is 26.4 Å². The first-order valence-electron chi connectivity index (χ1n) is 12.6. The highest BCUT2D eigenvalue weighted by Crippen LogP contribution is 2.48. The van der Waals surface area contributed by atoms with Crippen molar-refractivity contribution in [1.82, 2.24) is 5.32 Å². The number of rotatable bonds is 8. The lowest BCUT2D eigenvalue weighted by atomic mass is 9.79. The number of nitrogens with one attached hydrogen (secondary N) is 1. The van der Waals surface area contributed by atoms with Crippen LogP contribution >= 0.6 is 22.6 Å². The summed E-state index contributed by atoms with van der Waals surface area (Å²) in [6, 6.07) is 17.5. The van der Waals surface area contributed by atoms with Gasteiger partial charge in [0.1, 0.15) is 6.61 Å². The third kappa shape index (κ3) is 4.85. The Morgan fingerprint density at radius 1 is 1.02 bits per heavy atom. The fourth-order valence-corrected chi connectivity index (χ4v) is 5.88. The molecule has 0 amide bonds. The first kappa shape index (κ1) is 27.4. The number of benzene rings is 3. The predicted octanol–water partition coefficient (Wildman–Crippen LogP) is 5.71. The molecule has 0 spiro atoms. The summed E-state index contributed by atoms with van der Waals surface area (Å²) in [5.41, 5.74) is 5.20. The van der Waals surface area contributed by atoms with Gasteiger partial charge in [0.2, 0.25) is 0 Å². The maximum absolute atomic E-state index is 13.7. The van der Waals surface area contributed by atoms with Crippen LogP contribution in [0, 0.1) is 3.57 Å². The first-order valence-corrected chi connectivity index (χ1v) is 13.7. The molecule has 2 N–H and O–H groups in total. The zero-order valence-electron chi connectivity index (χ0n) is 22.0. The van der Waals surface area contributed by atoms with Crippen molar-refractivity contribution in [2.75, 3.05) is 13.7 Å². The summed E-state index contributed by atoms with van der Waals surface area (Å²) in [5.74, 6) is -1.37. The Morgan fingerprint density at radius 3 is 2.38 bits per heavy atom. The van der Waals surface area contributed by atoms with Crippen LogP contribution in [0.25, 0.3) is 5.70 Å². The monoisotopic (exact) mass is 651 g/mol. The Kier molecular flexibility index (Phi) is 7.66. The van der Waals surface area contributed by atoms with Crippen molar-refractivity contribution in [2.24, 2.45) is 0 Å². The van der Waals surface area contributed by atoms with Crippen LogP contribution in [0.3, 0.4) is 0 Å². The molecule has 1 atom stereocenters. The Balaban J connectivity index is 1.57. The number of fused-ring (bicyclic) bond motifs is 2. The molecule has 0 fully saturated rings. The molecule has 0 saturated heterocycles. The Bertz CT molecular complexity index is 1600. The van der Waals surface area contributed by atoms with Gasteiger partial charge in [-0.05, 0) is 71.8 Å². The zero-order chi connectivity index (χ0) is 28.6. The van der Waals surface area contributed by atoms with Crippen LogP contribution in [0.2, 0.25) is 0 Å². The van der Waals surface area contributed by atoms with E-state index in [0.717, 1.165) is 14.7 Å². The van der Waals surface area contributed by atoms with Gasteiger partial charge in [0, 0.05) is 28.3 Å². The van der Waals surface area contributed by atoms with Crippen LogP contribution in [0.5, 0.6) is 11.5 Å². The standard InChI is InChI=1S/C31H26INO7/c1-4-39-23-14-19(13-22(32)29(23)40-15-17-9-11-18(12-10-17)30(35)36)25-24(31(37)38-3)16(2)33-27-20-7-5-6-8-21(20)28(34)26(25)27/h5-14,25,33H,4,15H2,1-3H3,(H,35,36)/t25-/m0/s1. The summed E-state index contributed by atoms with van der Waals surface area (Å²) in [7, 11) is 1.32. The largest absolute Gasteiger partial charge is 0.490 e. The van der Waals surface area contributed by atoms with Gasteiger partial charge in [-0.15, -0.1) is 0 Å². The SMILES string of the molecule is CCOc1cc([C@H]2C(C(=O)OC)=C(C)NC3=C2C(=O)c2ccccc23)cc(I)c1OCc1ccc(C(=O)O)cc1. The van der Waals surface area contributed by atoms with Gasteiger partial charge in [-0.3, -0.25) is 4.79 Å². The predicted molar refractivity (Wildman–Crippen MR) is 156 cm³/mol. The van der Waals surface area contributed by atoms with E-state index in [1.54, 1.807) is 25.1 Å². The molecule has 40 heavy (non-hydrogen) atoms. The molecule has 0 saturated carbocycles. The number of hydrogen-bond donors (Lipinski definition) is 2. The number of dihydropyridines is 1. The van der Waals surface area contributed by atoms with Crippen molar-refractivity contribution in [3.63, 3.8) is 0 Å². The summed E-state index contributed by atoms with van der Waals surface area (Å²) in [6.45, 7) is 4.22. The average Bonchev–Trinajstić information content (AvgIpc) is 3.23. The summed E-state index contributed by atoms with van der Waals surface area (Å²) >= 11 is 2.16. The van der Waals surface area contributed by atoms with E-state index in [1.165, 1.54) is 19.2 Å². The summed E-state index contributed by atoms with van der Waals surface area (Å²) in [6.07, 6.45) is 0. The highest BCUT2D eigenvalue weighted by molar-refractivity contribution is 14.1. The molecule has 5 rings (SSSR count). The second kappa shape index (κ2) is 11.2. The van der Waals surface area contributed by atoms with Crippen molar-refractivity contribution >= 4 is 46.0 Å². The Morgan fingerprint density at radius 2 is 1.73 bits per heavy atom. The number of ketones is 1. The van der Waals surface area contributed by atoms with Crippen LogP contribution in [-0.4, -0.2) is 36.5 Å². The van der Waals surface area contributed by atoms with Crippen LogP contribution < -0.4 is 14.8 Å². The number of carboxylic acids is 1. The van der Waals surface area contributed by atoms with E-state index < -0.39 is 17.9 Å². The smallest absolute Gasteiger partial charge is 0.336 e. The highest BCUT2D eigenvalue weighted by atomic mass is 127. The number of hydrogen-bond acceptors (Lipinski definition) is 7. The fraction of sp³-hybridized carbons (Fsp3) is 0.194. The molecular formula is C31H26INO7. The number of halogens is 1. The van der Waals surface area contributed by atoms with Crippen molar-refractivity contribution < 1.29 is 33.7 Å². The van der Waals surface area contributed by atoms with Gasteiger partial charge in [0.25, 0.3) is 0 Å². The maximum Gasteiger partial charge on any atom is 0.336 e. The van der Waals surface area contributed by atoms with Gasteiger partial charge in [-0.1, -0.05) is 36.4 Å². The summed E-state index contributed by atoms with van der Waals surface area (Å²) < 4.78 is 18.0. The van der Waals surface area contributed by atoms with Crippen LogP contribution in [0.1, 0.15) is 57.2 Å². The second-order valence-electron chi connectivity index (χ2n) is 9.31. The molecule has 8 nitrogen and oxygen atoms in total. The van der Waals surface area contributed by atoms with Crippen LogP contribution in [-0.2, 0) is 16.1 Å². The number of allylic oxidation sites excluding steroid dienone is 2. The van der Waals surface area contributed by atoms with E-state index in [9.17, 15) is 14.4 Å². The van der Waals surface area contributed by atoms with E-state index in [2.05, 4.69) is 27.9 Å². The summed E-state index contributed by atoms with van der Waals surface area (Å²) in [4.78, 5) is 37.9. The minimum absolute atomic E-state index is 0.143. The highest BCUT2D eigenvalue weighted by Gasteiger charge is 2.43. The van der Waals surface area contributed by atoms with Crippen LogP contribution in [0.15, 0.2) is 77.5 Å². The molecule has 1 heterocycles. The topological polar surface area (TPSA) is 111 Å². The van der Waals surface area contributed by atoms with E-state index in [-0.39, 0.29) is 18.0 Å². The molecular weight excluding hydrogens is 625 g/mol. The number of Topliss-reactive ketones (excluding diaryl/α,β-unsaturated/α-hetero) is 1. The third-order valence-corrected chi connectivity index (χ3v) is 7.70. The molecule has 0 radical (unpaired) electrons. The molecule has 0 bridgehead atoms. The Hall–Kier alpha value is -4.12. The molecule has 3 aromatic rings. The van der Waals surface area contributed by atoms with Crippen molar-refractivity contribution in [3.8, 4) is 11.5 Å². The number of methoxy groups -OCH3 is 1. The maximum atomic E-state index is 13.7. The lowest BCUT2D eigenvalue weighted by Gasteiger charge is -2.29. The number of carbonyl (C=O) groups excluding carboxylic acids is 2. The molecule has 0 unspecified atom stereocenters. The van der Waals surface area contributed by atoms with Gasteiger partial charge in [0.05, 0.1) is 34.1 Å². The lowest BCUT2D eigenvalue weighted by molar-refractivity contribution is -0.136. The van der Waals surface area contributed by atoms with Crippen molar-refractivity contribution in [1.29, 1.82) is 0 Å². The van der Waals surface area contributed by atoms with Crippen molar-refractivity contribution in [3.05, 3.63) is 109 Å². The van der Waals surface area contributed by atoms with Gasteiger partial charge in [-0.25, -0.2) is 9.59 Å². The average molecular weight is 651 g/mol. The molecule has 1 aliphatic carbocycles. The zero-order valence-corrected chi connectivity index (χ0v) is 24.2. The minimum atomic E-state index is -0.994. The molecule has 1 aliphatic heterocycles. The van der Waals surface area contributed by atoms with E-state index in [0.29, 0.717) is 51.8 Å². The van der Waals surface area contributed by atoms with Gasteiger partial charge in [-0.2, -0.15) is 0 Å². The van der Waals surface area contributed by atoms with Gasteiger partial charge in [0.15, 0.2) is 17.3 Å². The minimum Gasteiger partial charge on any atom is -0.490 e. The quantitative estimate of drug-likeness (QED) is 0.236. The normalized spacial score (nSPS) is 15.8. The van der Waals surface area contributed by atoms with Gasteiger partial charge < -0.3 is 24.6 Å².